The molecule has 2 N–H and O–H groups in total. The standard InChI is InChI=1S/C17H20N4O3S/c1-9(18-17(22)23)8-12-10(2)14-15(25-12)16(20-11(3)19-14)21(4)13-6-5-7-24-13/h5-7,9,18H,8H2,1-4H3,(H,22,23)/t9-/m0/s1. The van der Waals surface area contributed by atoms with Crippen molar-refractivity contribution in [1.82, 2.24) is 15.3 Å². The van der Waals surface area contributed by atoms with Gasteiger partial charge in [-0.2, -0.15) is 0 Å². The van der Waals surface area contributed by atoms with Crippen molar-refractivity contribution in [1.29, 1.82) is 0 Å². The van der Waals surface area contributed by atoms with Crippen LogP contribution in [0.3, 0.4) is 0 Å². The second-order valence-electron chi connectivity index (χ2n) is 5.99. The van der Waals surface area contributed by atoms with E-state index in [1.165, 1.54) is 0 Å². The molecule has 0 saturated heterocycles. The molecular weight excluding hydrogens is 340 g/mol. The molecular formula is C17H20N4O3S. The minimum absolute atomic E-state index is 0.176. The lowest BCUT2D eigenvalue weighted by Crippen LogP contribution is -2.32. The summed E-state index contributed by atoms with van der Waals surface area (Å²) >= 11 is 1.60. The molecule has 0 unspecified atom stereocenters. The number of furan rings is 1. The average molecular weight is 360 g/mol. The number of amides is 1. The summed E-state index contributed by atoms with van der Waals surface area (Å²) in [6.07, 6.45) is 1.23. The zero-order valence-electron chi connectivity index (χ0n) is 14.5. The van der Waals surface area contributed by atoms with E-state index in [4.69, 9.17) is 9.52 Å². The highest BCUT2D eigenvalue weighted by atomic mass is 32.1. The van der Waals surface area contributed by atoms with Crippen LogP contribution >= 0.6 is 11.3 Å². The van der Waals surface area contributed by atoms with Gasteiger partial charge in [0, 0.05) is 30.5 Å². The highest BCUT2D eigenvalue weighted by molar-refractivity contribution is 7.19. The van der Waals surface area contributed by atoms with Gasteiger partial charge < -0.3 is 14.8 Å². The molecule has 8 heteroatoms. The lowest BCUT2D eigenvalue weighted by atomic mass is 10.1. The van der Waals surface area contributed by atoms with E-state index in [2.05, 4.69) is 15.3 Å². The molecule has 1 amide bonds. The first kappa shape index (κ1) is 17.2. The quantitative estimate of drug-likeness (QED) is 0.718. The van der Waals surface area contributed by atoms with Crippen LogP contribution in [0, 0.1) is 13.8 Å². The summed E-state index contributed by atoms with van der Waals surface area (Å²) in [5.41, 5.74) is 1.97. The first-order chi connectivity index (χ1) is 11.9. The molecule has 7 nitrogen and oxygen atoms in total. The molecule has 0 spiro atoms. The van der Waals surface area contributed by atoms with E-state index in [-0.39, 0.29) is 6.04 Å². The van der Waals surface area contributed by atoms with Crippen LogP contribution in [0.4, 0.5) is 16.5 Å². The molecule has 3 aromatic heterocycles. The molecule has 1 atom stereocenters. The fourth-order valence-electron chi connectivity index (χ4n) is 2.75. The van der Waals surface area contributed by atoms with Crippen LogP contribution in [0.5, 0.6) is 0 Å². The number of aromatic nitrogens is 2. The normalized spacial score (nSPS) is 12.3. The lowest BCUT2D eigenvalue weighted by Gasteiger charge is -2.15. The van der Waals surface area contributed by atoms with Crippen LogP contribution in [0.25, 0.3) is 10.2 Å². The van der Waals surface area contributed by atoms with Crippen LogP contribution in [-0.4, -0.2) is 34.3 Å². The number of nitrogens with one attached hydrogen (secondary N) is 1. The number of anilines is 2. The Morgan fingerprint density at radius 2 is 2.20 bits per heavy atom. The molecule has 0 aliphatic rings. The molecule has 25 heavy (non-hydrogen) atoms. The Bertz CT molecular complexity index is 904. The van der Waals surface area contributed by atoms with Crippen molar-refractivity contribution in [3.05, 3.63) is 34.7 Å². The molecule has 132 valence electrons. The number of thiophene rings is 1. The maximum atomic E-state index is 10.8. The van der Waals surface area contributed by atoms with E-state index in [1.54, 1.807) is 17.6 Å². The molecule has 0 saturated carbocycles. The topological polar surface area (TPSA) is 91.5 Å². The zero-order chi connectivity index (χ0) is 18.1. The number of rotatable bonds is 5. The highest BCUT2D eigenvalue weighted by Gasteiger charge is 2.20. The number of hydrogen-bond donors (Lipinski definition) is 2. The molecule has 3 aromatic rings. The van der Waals surface area contributed by atoms with Gasteiger partial charge in [0.05, 0.1) is 16.5 Å². The Morgan fingerprint density at radius 3 is 2.84 bits per heavy atom. The fraction of sp³-hybridized carbons (Fsp3) is 0.353. The van der Waals surface area contributed by atoms with Gasteiger partial charge in [0.2, 0.25) is 5.88 Å². The maximum absolute atomic E-state index is 10.8. The maximum Gasteiger partial charge on any atom is 0.404 e. The van der Waals surface area contributed by atoms with E-state index in [0.29, 0.717) is 18.1 Å². The summed E-state index contributed by atoms with van der Waals surface area (Å²) in [6, 6.07) is 3.54. The minimum Gasteiger partial charge on any atom is -0.465 e. The first-order valence-electron chi connectivity index (χ1n) is 7.90. The summed E-state index contributed by atoms with van der Waals surface area (Å²) in [6.45, 7) is 5.74. The largest absolute Gasteiger partial charge is 0.465 e. The van der Waals surface area contributed by atoms with Crippen molar-refractivity contribution in [3.8, 4) is 0 Å². The number of hydrogen-bond acceptors (Lipinski definition) is 6. The van der Waals surface area contributed by atoms with E-state index >= 15 is 0 Å². The second-order valence-corrected chi connectivity index (χ2v) is 7.09. The summed E-state index contributed by atoms with van der Waals surface area (Å²) < 4.78 is 6.45. The molecule has 0 fully saturated rings. The third-order valence-corrected chi connectivity index (χ3v) is 5.27. The smallest absolute Gasteiger partial charge is 0.404 e. The van der Waals surface area contributed by atoms with Crippen molar-refractivity contribution in [2.75, 3.05) is 11.9 Å². The third-order valence-electron chi connectivity index (χ3n) is 3.97. The molecule has 3 heterocycles. The van der Waals surface area contributed by atoms with Crippen LogP contribution in [0.2, 0.25) is 0 Å². The van der Waals surface area contributed by atoms with Gasteiger partial charge in [-0.1, -0.05) is 0 Å². The van der Waals surface area contributed by atoms with Gasteiger partial charge in [-0.3, -0.25) is 4.90 Å². The third kappa shape index (κ3) is 3.43. The van der Waals surface area contributed by atoms with Gasteiger partial charge in [-0.25, -0.2) is 14.8 Å². The summed E-state index contributed by atoms with van der Waals surface area (Å²) in [4.78, 5) is 23.0. The van der Waals surface area contributed by atoms with Gasteiger partial charge in [-0.05, 0) is 32.4 Å². The van der Waals surface area contributed by atoms with E-state index in [0.717, 1.165) is 26.5 Å². The van der Waals surface area contributed by atoms with Crippen LogP contribution in [0.15, 0.2) is 22.8 Å². The highest BCUT2D eigenvalue weighted by Crippen LogP contribution is 2.37. The van der Waals surface area contributed by atoms with Gasteiger partial charge in [0.15, 0.2) is 5.82 Å². The van der Waals surface area contributed by atoms with Gasteiger partial charge in [0.25, 0.3) is 0 Å². The molecule has 0 aliphatic carbocycles. The molecule has 0 aliphatic heterocycles. The molecule has 3 rings (SSSR count). The van der Waals surface area contributed by atoms with Gasteiger partial charge in [0.1, 0.15) is 5.82 Å². The van der Waals surface area contributed by atoms with Crippen LogP contribution in [0.1, 0.15) is 23.2 Å². The van der Waals surface area contributed by atoms with Crippen LogP contribution in [-0.2, 0) is 6.42 Å². The van der Waals surface area contributed by atoms with Crippen molar-refractivity contribution in [3.63, 3.8) is 0 Å². The Labute approximate surface area is 149 Å². The Kier molecular flexibility index (Phi) is 4.63. The second kappa shape index (κ2) is 6.72. The van der Waals surface area contributed by atoms with Crippen LogP contribution < -0.4 is 10.2 Å². The Balaban J connectivity index is 2.04. The number of nitrogens with zero attached hydrogens (tertiary/aromatic N) is 3. The monoisotopic (exact) mass is 360 g/mol. The van der Waals surface area contributed by atoms with Crippen molar-refractivity contribution in [2.24, 2.45) is 0 Å². The van der Waals surface area contributed by atoms with Crippen molar-refractivity contribution >= 4 is 39.3 Å². The Hall–Kier alpha value is -2.61. The lowest BCUT2D eigenvalue weighted by molar-refractivity contribution is 0.191. The predicted octanol–water partition coefficient (Wildman–Crippen LogP) is 3.87. The summed E-state index contributed by atoms with van der Waals surface area (Å²) in [7, 11) is 1.91. The van der Waals surface area contributed by atoms with Crippen molar-refractivity contribution in [2.45, 2.75) is 33.2 Å². The summed E-state index contributed by atoms with van der Waals surface area (Å²) in [5, 5.41) is 11.4. The van der Waals surface area contributed by atoms with Crippen molar-refractivity contribution < 1.29 is 14.3 Å². The molecule has 0 radical (unpaired) electrons. The molecule has 0 aromatic carbocycles. The van der Waals surface area contributed by atoms with E-state index < -0.39 is 6.09 Å². The summed E-state index contributed by atoms with van der Waals surface area (Å²) in [5.74, 6) is 2.17. The number of fused-ring (bicyclic) bond motifs is 1. The number of aryl methyl sites for hydroxylation is 2. The first-order valence-corrected chi connectivity index (χ1v) is 8.71. The predicted molar refractivity (Wildman–Crippen MR) is 98.0 cm³/mol. The fourth-order valence-corrected chi connectivity index (χ4v) is 4.15. The van der Waals surface area contributed by atoms with E-state index in [9.17, 15) is 4.79 Å². The van der Waals surface area contributed by atoms with Gasteiger partial charge in [-0.15, -0.1) is 11.3 Å². The zero-order valence-corrected chi connectivity index (χ0v) is 15.3. The number of carbonyl (C=O) groups is 1. The van der Waals surface area contributed by atoms with Gasteiger partial charge >= 0.3 is 6.09 Å². The van der Waals surface area contributed by atoms with E-state index in [1.807, 2.05) is 44.9 Å². The Morgan fingerprint density at radius 1 is 1.44 bits per heavy atom. The average Bonchev–Trinajstić information content (AvgIpc) is 3.16. The minimum atomic E-state index is -1.01. The molecule has 0 bridgehead atoms. The number of carboxylic acid groups (broad SMARTS) is 1. The SMILES string of the molecule is Cc1nc(N(C)c2ccco2)c2sc(C[C@H](C)NC(=O)O)c(C)c2n1.